The summed E-state index contributed by atoms with van der Waals surface area (Å²) in [7, 11) is 1.74. The second kappa shape index (κ2) is 4.22. The first-order valence-corrected chi connectivity index (χ1v) is 7.24. The Morgan fingerprint density at radius 1 is 1.45 bits per heavy atom. The number of aliphatic imine (C=N–C) groups is 1. The number of guanidine groups is 1. The zero-order valence-electron chi connectivity index (χ0n) is 11.6. The van der Waals surface area contributed by atoms with Gasteiger partial charge in [-0.1, -0.05) is 15.9 Å². The second-order valence-corrected chi connectivity index (χ2v) is 6.64. The van der Waals surface area contributed by atoms with E-state index in [1.165, 1.54) is 0 Å². The first-order chi connectivity index (χ1) is 9.36. The molecule has 5 nitrogen and oxygen atoms in total. The van der Waals surface area contributed by atoms with Gasteiger partial charge in [-0.25, -0.2) is 0 Å². The first-order valence-electron chi connectivity index (χ1n) is 6.44. The van der Waals surface area contributed by atoms with Crippen LogP contribution in [0.25, 0.3) is 0 Å². The maximum Gasteiger partial charge on any atom is 0.279 e. The Hall–Kier alpha value is -1.56. The lowest BCUT2D eigenvalue weighted by Gasteiger charge is -2.42. The predicted molar refractivity (Wildman–Crippen MR) is 79.8 cm³/mol. The fraction of sp³-hybridized carbons (Fsp3) is 0.429. The maximum absolute atomic E-state index is 12.5. The molecule has 1 amide bonds. The van der Waals surface area contributed by atoms with Crippen molar-refractivity contribution in [3.05, 3.63) is 28.2 Å². The third-order valence-corrected chi connectivity index (χ3v) is 4.12. The van der Waals surface area contributed by atoms with Gasteiger partial charge < -0.3 is 15.4 Å². The molecular formula is C14H16BrN3O2. The molecule has 1 aromatic rings. The molecule has 1 unspecified atom stereocenters. The summed E-state index contributed by atoms with van der Waals surface area (Å²) in [4.78, 5) is 16.6. The van der Waals surface area contributed by atoms with E-state index < -0.39 is 11.1 Å². The Balaban J connectivity index is 2.17. The number of ether oxygens (including phenoxy) is 1. The number of carbonyl (C=O) groups excluding carboxylic acids is 1. The quantitative estimate of drug-likeness (QED) is 0.759. The lowest BCUT2D eigenvalue weighted by Crippen LogP contribution is -2.55. The number of carbonyl (C=O) groups is 1. The normalized spacial score (nSPS) is 26.6. The summed E-state index contributed by atoms with van der Waals surface area (Å²) < 4.78 is 6.90. The summed E-state index contributed by atoms with van der Waals surface area (Å²) in [6.07, 6.45) is 0.525. The van der Waals surface area contributed by atoms with Crippen LogP contribution in [-0.2, 0) is 10.3 Å². The summed E-state index contributed by atoms with van der Waals surface area (Å²) in [5.41, 5.74) is -0.466. The van der Waals surface area contributed by atoms with Crippen LogP contribution in [0.3, 0.4) is 0 Å². The number of amides is 1. The molecule has 1 aromatic carbocycles. The molecular weight excluding hydrogens is 322 g/mol. The van der Waals surface area contributed by atoms with Crippen molar-refractivity contribution in [2.45, 2.75) is 31.4 Å². The van der Waals surface area contributed by atoms with E-state index in [-0.39, 0.29) is 5.91 Å². The number of benzene rings is 1. The largest absolute Gasteiger partial charge is 0.487 e. The molecule has 0 aliphatic carbocycles. The van der Waals surface area contributed by atoms with E-state index in [4.69, 9.17) is 4.74 Å². The number of nitrogens with one attached hydrogen (secondary N) is 2. The number of halogens is 1. The molecule has 2 N–H and O–H groups in total. The van der Waals surface area contributed by atoms with Crippen molar-refractivity contribution in [2.75, 3.05) is 7.05 Å². The van der Waals surface area contributed by atoms with Crippen LogP contribution in [-0.4, -0.2) is 24.5 Å². The van der Waals surface area contributed by atoms with Gasteiger partial charge >= 0.3 is 0 Å². The van der Waals surface area contributed by atoms with E-state index in [1.54, 1.807) is 7.05 Å². The number of nitrogens with zero attached hydrogens (tertiary/aromatic N) is 1. The van der Waals surface area contributed by atoms with E-state index >= 15 is 0 Å². The van der Waals surface area contributed by atoms with Crippen LogP contribution in [0.15, 0.2) is 27.7 Å². The van der Waals surface area contributed by atoms with Crippen molar-refractivity contribution < 1.29 is 9.53 Å². The molecule has 1 atom stereocenters. The van der Waals surface area contributed by atoms with Gasteiger partial charge in [0.05, 0.1) is 0 Å². The first kappa shape index (κ1) is 13.4. The van der Waals surface area contributed by atoms with Gasteiger partial charge in [0.1, 0.15) is 11.4 Å². The fourth-order valence-electron chi connectivity index (χ4n) is 2.89. The average Bonchev–Trinajstić information content (AvgIpc) is 2.67. The van der Waals surface area contributed by atoms with Crippen LogP contribution >= 0.6 is 15.9 Å². The highest BCUT2D eigenvalue weighted by Gasteiger charge is 2.53. The Morgan fingerprint density at radius 2 is 2.20 bits per heavy atom. The summed E-state index contributed by atoms with van der Waals surface area (Å²) in [5, 5.41) is 6.14. The van der Waals surface area contributed by atoms with Gasteiger partial charge in [-0.05, 0) is 32.0 Å². The van der Waals surface area contributed by atoms with Crippen molar-refractivity contribution in [1.82, 2.24) is 10.6 Å². The van der Waals surface area contributed by atoms with Crippen molar-refractivity contribution >= 4 is 27.8 Å². The van der Waals surface area contributed by atoms with Crippen LogP contribution < -0.4 is 15.4 Å². The SMILES string of the molecule is CNC1=NC(=O)C2(CC(C)(C)Oc3ccc(Br)cc32)N1. The van der Waals surface area contributed by atoms with Gasteiger partial charge in [-0.2, -0.15) is 4.99 Å². The molecule has 20 heavy (non-hydrogen) atoms. The number of rotatable bonds is 0. The van der Waals surface area contributed by atoms with Crippen LogP contribution in [0.4, 0.5) is 0 Å². The molecule has 6 heteroatoms. The second-order valence-electron chi connectivity index (χ2n) is 5.72. The molecule has 0 saturated heterocycles. The molecule has 1 spiro atoms. The standard InChI is InChI=1S/C14H16BrN3O2/c1-13(2)7-14(11(19)17-12(16-3)18-14)9-6-8(15)4-5-10(9)20-13/h4-6H,7H2,1-3H3,(H2,16,17,18,19). The number of hydrogen-bond acceptors (Lipinski definition) is 4. The van der Waals surface area contributed by atoms with E-state index in [1.807, 2.05) is 32.0 Å². The van der Waals surface area contributed by atoms with Crippen LogP contribution in [0.1, 0.15) is 25.8 Å². The minimum Gasteiger partial charge on any atom is -0.487 e. The summed E-state index contributed by atoms with van der Waals surface area (Å²) >= 11 is 3.45. The van der Waals surface area contributed by atoms with Gasteiger partial charge in [0.2, 0.25) is 0 Å². The smallest absolute Gasteiger partial charge is 0.279 e. The Kier molecular flexibility index (Phi) is 2.83. The minimum absolute atomic E-state index is 0.183. The van der Waals surface area contributed by atoms with Crippen molar-refractivity contribution in [3.8, 4) is 5.75 Å². The molecule has 0 aromatic heterocycles. The number of hydrogen-bond donors (Lipinski definition) is 2. The van der Waals surface area contributed by atoms with Crippen molar-refractivity contribution in [3.63, 3.8) is 0 Å². The van der Waals surface area contributed by atoms with Crippen molar-refractivity contribution in [2.24, 2.45) is 4.99 Å². The third-order valence-electron chi connectivity index (χ3n) is 3.63. The highest BCUT2D eigenvalue weighted by Crippen LogP contribution is 2.46. The molecule has 3 rings (SSSR count). The van der Waals surface area contributed by atoms with Gasteiger partial charge in [0, 0.05) is 23.5 Å². The molecule has 2 aliphatic heterocycles. The van der Waals surface area contributed by atoms with Gasteiger partial charge in [-0.15, -0.1) is 0 Å². The molecule has 0 fully saturated rings. The summed E-state index contributed by atoms with van der Waals surface area (Å²) in [5.74, 6) is 1.04. The zero-order valence-corrected chi connectivity index (χ0v) is 13.2. The minimum atomic E-state index is -0.848. The fourth-order valence-corrected chi connectivity index (χ4v) is 3.25. The molecule has 106 valence electrons. The van der Waals surface area contributed by atoms with E-state index in [2.05, 4.69) is 31.6 Å². The van der Waals surface area contributed by atoms with Crippen molar-refractivity contribution in [1.29, 1.82) is 0 Å². The van der Waals surface area contributed by atoms with Gasteiger partial charge in [0.15, 0.2) is 11.5 Å². The van der Waals surface area contributed by atoms with Crippen LogP contribution in [0.5, 0.6) is 5.75 Å². The number of fused-ring (bicyclic) bond motifs is 2. The predicted octanol–water partition coefficient (Wildman–Crippen LogP) is 1.91. The lowest BCUT2D eigenvalue weighted by atomic mass is 9.77. The van der Waals surface area contributed by atoms with Gasteiger partial charge in [-0.3, -0.25) is 4.79 Å². The molecule has 0 radical (unpaired) electrons. The highest BCUT2D eigenvalue weighted by molar-refractivity contribution is 9.10. The van der Waals surface area contributed by atoms with Crippen LogP contribution in [0, 0.1) is 0 Å². The Bertz CT molecular complexity index is 627. The topological polar surface area (TPSA) is 62.7 Å². The van der Waals surface area contributed by atoms with E-state index in [9.17, 15) is 4.79 Å². The Morgan fingerprint density at radius 3 is 2.85 bits per heavy atom. The summed E-state index contributed by atoms with van der Waals surface area (Å²) in [6, 6.07) is 5.71. The summed E-state index contributed by atoms with van der Waals surface area (Å²) in [6.45, 7) is 3.96. The average molecular weight is 338 g/mol. The molecule has 2 heterocycles. The lowest BCUT2D eigenvalue weighted by molar-refractivity contribution is -0.126. The molecule has 0 bridgehead atoms. The van der Waals surface area contributed by atoms with E-state index in [0.717, 1.165) is 15.8 Å². The van der Waals surface area contributed by atoms with Gasteiger partial charge in [0.25, 0.3) is 5.91 Å². The van der Waals surface area contributed by atoms with E-state index in [0.29, 0.717) is 12.4 Å². The van der Waals surface area contributed by atoms with Crippen LogP contribution in [0.2, 0.25) is 0 Å². The molecule has 0 saturated carbocycles. The molecule has 2 aliphatic rings. The third kappa shape index (κ3) is 1.90. The maximum atomic E-state index is 12.5. The monoisotopic (exact) mass is 337 g/mol. The highest BCUT2D eigenvalue weighted by atomic mass is 79.9. The zero-order chi connectivity index (χ0) is 14.5. The Labute approximate surface area is 125 Å².